The van der Waals surface area contributed by atoms with Gasteiger partial charge in [0.1, 0.15) is 17.2 Å². The van der Waals surface area contributed by atoms with E-state index in [1.807, 2.05) is 0 Å². The Hall–Kier alpha value is -2.94. The van der Waals surface area contributed by atoms with Gasteiger partial charge in [-0.15, -0.1) is 0 Å². The number of fused-ring (bicyclic) bond motifs is 3. The molecular formula is C20H18F2N4O3. The minimum atomic E-state index is -0.878. The first-order valence-corrected chi connectivity index (χ1v) is 9.58. The predicted molar refractivity (Wildman–Crippen MR) is 97.1 cm³/mol. The van der Waals surface area contributed by atoms with Gasteiger partial charge in [0.2, 0.25) is 5.82 Å². The fourth-order valence-electron chi connectivity index (χ4n) is 4.41. The molecule has 9 heteroatoms. The van der Waals surface area contributed by atoms with E-state index in [-0.39, 0.29) is 24.5 Å². The minimum absolute atomic E-state index is 0.0390. The van der Waals surface area contributed by atoms with Crippen LogP contribution in [0.5, 0.6) is 0 Å². The Morgan fingerprint density at radius 2 is 2.00 bits per heavy atom. The highest BCUT2D eigenvalue weighted by Gasteiger charge is 2.44. The van der Waals surface area contributed by atoms with Gasteiger partial charge < -0.3 is 10.1 Å². The van der Waals surface area contributed by atoms with E-state index in [4.69, 9.17) is 4.74 Å². The molecule has 3 heterocycles. The normalized spacial score (nSPS) is 19.7. The van der Waals surface area contributed by atoms with E-state index in [0.29, 0.717) is 18.2 Å². The van der Waals surface area contributed by atoms with Gasteiger partial charge in [0, 0.05) is 24.4 Å². The number of urea groups is 1. The third-order valence-electron chi connectivity index (χ3n) is 5.87. The molecule has 1 aromatic heterocycles. The van der Waals surface area contributed by atoms with Crippen LogP contribution in [0.25, 0.3) is 0 Å². The van der Waals surface area contributed by atoms with E-state index < -0.39 is 29.2 Å². The van der Waals surface area contributed by atoms with Crippen molar-refractivity contribution in [3.8, 4) is 0 Å². The standard InChI is InChI=1S/C20H18F2N4O3/c21-13-7-11-3-6-26(19(28)24-15(11)14(22)8-13)18(27)17-23-9-12-10-29-20(16(12)25-17)4-1-2-5-20/h7-9H,1-6,10H2,(H,24,28). The molecule has 5 rings (SSSR count). The van der Waals surface area contributed by atoms with Crippen LogP contribution >= 0.6 is 0 Å². The number of rotatable bonds is 1. The highest BCUT2D eigenvalue weighted by atomic mass is 19.1. The molecular weight excluding hydrogens is 382 g/mol. The lowest BCUT2D eigenvalue weighted by atomic mass is 9.97. The van der Waals surface area contributed by atoms with Gasteiger partial charge in [0.05, 0.1) is 18.0 Å². The van der Waals surface area contributed by atoms with Crippen molar-refractivity contribution >= 4 is 17.6 Å². The number of amides is 3. The summed E-state index contributed by atoms with van der Waals surface area (Å²) in [6.45, 7) is 0.372. The molecule has 1 fully saturated rings. The average molecular weight is 400 g/mol. The molecule has 1 aromatic carbocycles. The molecule has 3 aliphatic rings. The Kier molecular flexibility index (Phi) is 4.09. The van der Waals surface area contributed by atoms with Crippen molar-refractivity contribution in [3.05, 3.63) is 52.6 Å². The van der Waals surface area contributed by atoms with Crippen molar-refractivity contribution in [2.24, 2.45) is 0 Å². The zero-order valence-corrected chi connectivity index (χ0v) is 15.5. The maximum Gasteiger partial charge on any atom is 0.329 e. The topological polar surface area (TPSA) is 84.4 Å². The van der Waals surface area contributed by atoms with Crippen LogP contribution in [0.3, 0.4) is 0 Å². The Morgan fingerprint density at radius 1 is 1.21 bits per heavy atom. The molecule has 1 saturated carbocycles. The van der Waals surface area contributed by atoms with Gasteiger partial charge >= 0.3 is 6.03 Å². The van der Waals surface area contributed by atoms with Crippen molar-refractivity contribution in [2.75, 3.05) is 11.9 Å². The monoisotopic (exact) mass is 400 g/mol. The Morgan fingerprint density at radius 3 is 2.79 bits per heavy atom. The first-order chi connectivity index (χ1) is 14.0. The second-order valence-electron chi connectivity index (χ2n) is 7.62. The third kappa shape index (κ3) is 2.88. The van der Waals surface area contributed by atoms with Crippen LogP contribution in [-0.2, 0) is 23.4 Å². The molecule has 1 N–H and O–H groups in total. The molecule has 0 radical (unpaired) electrons. The molecule has 7 nitrogen and oxygen atoms in total. The number of halogens is 2. The number of carbonyl (C=O) groups is 2. The highest BCUT2D eigenvalue weighted by Crippen LogP contribution is 2.47. The number of aromatic nitrogens is 2. The van der Waals surface area contributed by atoms with E-state index in [9.17, 15) is 18.4 Å². The van der Waals surface area contributed by atoms with Crippen molar-refractivity contribution in [3.63, 3.8) is 0 Å². The molecule has 0 atom stereocenters. The molecule has 150 valence electrons. The number of ether oxygens (including phenoxy) is 1. The first kappa shape index (κ1) is 18.1. The number of benzene rings is 1. The van der Waals surface area contributed by atoms with Crippen LogP contribution in [-0.4, -0.2) is 33.4 Å². The van der Waals surface area contributed by atoms with Crippen LogP contribution in [0.1, 0.15) is 53.1 Å². The lowest BCUT2D eigenvalue weighted by molar-refractivity contribution is -0.0347. The van der Waals surface area contributed by atoms with Crippen LogP contribution in [0.2, 0.25) is 0 Å². The van der Waals surface area contributed by atoms with Crippen molar-refractivity contribution < 1.29 is 23.1 Å². The van der Waals surface area contributed by atoms with Gasteiger partial charge in [0.15, 0.2) is 0 Å². The van der Waals surface area contributed by atoms with Gasteiger partial charge in [-0.05, 0) is 30.9 Å². The quantitative estimate of drug-likeness (QED) is 0.794. The molecule has 2 aliphatic heterocycles. The maximum absolute atomic E-state index is 14.1. The van der Waals surface area contributed by atoms with E-state index >= 15 is 0 Å². The number of anilines is 1. The summed E-state index contributed by atoms with van der Waals surface area (Å²) in [5.74, 6) is -2.40. The Labute approximate surface area is 165 Å². The van der Waals surface area contributed by atoms with Gasteiger partial charge in [-0.1, -0.05) is 12.8 Å². The number of hydrogen-bond acceptors (Lipinski definition) is 5. The first-order valence-electron chi connectivity index (χ1n) is 9.58. The van der Waals surface area contributed by atoms with E-state index in [1.165, 1.54) is 0 Å². The summed E-state index contributed by atoms with van der Waals surface area (Å²) in [5, 5.41) is 2.36. The molecule has 29 heavy (non-hydrogen) atoms. The largest absolute Gasteiger partial charge is 0.364 e. The number of hydrogen-bond donors (Lipinski definition) is 1. The minimum Gasteiger partial charge on any atom is -0.364 e. The van der Waals surface area contributed by atoms with Crippen molar-refractivity contribution in [1.82, 2.24) is 14.9 Å². The summed E-state index contributed by atoms with van der Waals surface area (Å²) >= 11 is 0. The Balaban J connectivity index is 1.45. The van der Waals surface area contributed by atoms with Crippen LogP contribution in [0.4, 0.5) is 19.3 Å². The summed E-state index contributed by atoms with van der Waals surface area (Å²) in [7, 11) is 0. The fraction of sp³-hybridized carbons (Fsp3) is 0.400. The predicted octanol–water partition coefficient (Wildman–Crippen LogP) is 3.28. The molecule has 1 spiro atoms. The second kappa shape index (κ2) is 6.55. The average Bonchev–Trinajstić information content (AvgIpc) is 3.28. The molecule has 0 unspecified atom stereocenters. The number of imide groups is 1. The van der Waals surface area contributed by atoms with Gasteiger partial charge in [-0.3, -0.25) is 9.69 Å². The molecule has 2 aromatic rings. The van der Waals surface area contributed by atoms with Gasteiger partial charge in [0.25, 0.3) is 5.91 Å². The lowest BCUT2D eigenvalue weighted by Gasteiger charge is -2.23. The van der Waals surface area contributed by atoms with Crippen LogP contribution < -0.4 is 5.32 Å². The highest BCUT2D eigenvalue weighted by molar-refractivity contribution is 6.07. The van der Waals surface area contributed by atoms with Crippen LogP contribution in [0.15, 0.2) is 18.3 Å². The smallest absolute Gasteiger partial charge is 0.329 e. The fourth-order valence-corrected chi connectivity index (χ4v) is 4.41. The summed E-state index contributed by atoms with van der Waals surface area (Å²) in [5.41, 5.74) is 1.29. The number of nitrogens with zero attached hydrogens (tertiary/aromatic N) is 3. The summed E-state index contributed by atoms with van der Waals surface area (Å²) in [6.07, 6.45) is 5.43. The zero-order chi connectivity index (χ0) is 20.2. The number of nitrogens with one attached hydrogen (secondary N) is 1. The second-order valence-corrected chi connectivity index (χ2v) is 7.62. The van der Waals surface area contributed by atoms with Gasteiger partial charge in [-0.2, -0.15) is 0 Å². The van der Waals surface area contributed by atoms with E-state index in [0.717, 1.165) is 47.9 Å². The van der Waals surface area contributed by atoms with Crippen LogP contribution in [0, 0.1) is 11.6 Å². The lowest BCUT2D eigenvalue weighted by Crippen LogP contribution is -2.41. The molecule has 3 amide bonds. The van der Waals surface area contributed by atoms with E-state index in [2.05, 4.69) is 15.3 Å². The van der Waals surface area contributed by atoms with E-state index in [1.54, 1.807) is 6.20 Å². The molecule has 0 bridgehead atoms. The van der Waals surface area contributed by atoms with Crippen molar-refractivity contribution in [2.45, 2.75) is 44.3 Å². The number of carbonyl (C=O) groups excluding carboxylic acids is 2. The summed E-state index contributed by atoms with van der Waals surface area (Å²) < 4.78 is 33.5. The molecule has 0 saturated heterocycles. The van der Waals surface area contributed by atoms with Crippen molar-refractivity contribution in [1.29, 1.82) is 0 Å². The zero-order valence-electron chi connectivity index (χ0n) is 15.5. The molecule has 1 aliphatic carbocycles. The Bertz CT molecular complexity index is 1040. The third-order valence-corrected chi connectivity index (χ3v) is 5.87. The SMILES string of the molecule is O=C1Nc2c(F)cc(F)cc2CCN1C(=O)c1ncc2c(n1)C1(CCCC1)OC2. The summed E-state index contributed by atoms with van der Waals surface area (Å²) in [6, 6.07) is 1.05. The maximum atomic E-state index is 14.1. The summed E-state index contributed by atoms with van der Waals surface area (Å²) in [4.78, 5) is 35.1. The van der Waals surface area contributed by atoms with Gasteiger partial charge in [-0.25, -0.2) is 23.5 Å².